The van der Waals surface area contributed by atoms with Crippen LogP contribution in [0, 0.1) is 0 Å². The Hall–Kier alpha value is -0.890. The summed E-state index contributed by atoms with van der Waals surface area (Å²) in [5.74, 6) is 0.103. The zero-order chi connectivity index (χ0) is 12.6. The second-order valence-electron chi connectivity index (χ2n) is 3.09. The highest BCUT2D eigenvalue weighted by Gasteiger charge is 2.38. The van der Waals surface area contributed by atoms with Crippen LogP contribution < -0.4 is 0 Å². The van der Waals surface area contributed by atoms with Crippen LogP contribution in [0.2, 0.25) is 0 Å². The van der Waals surface area contributed by atoms with E-state index in [1.165, 1.54) is 12.3 Å². The first-order valence-corrected chi connectivity index (χ1v) is 5.91. The molecule has 0 fully saturated rings. The van der Waals surface area contributed by atoms with E-state index in [4.69, 9.17) is 0 Å². The van der Waals surface area contributed by atoms with Crippen LogP contribution in [-0.2, 0) is 6.18 Å². The lowest BCUT2D eigenvalue weighted by Gasteiger charge is -2.10. The van der Waals surface area contributed by atoms with E-state index in [1.807, 2.05) is 0 Å². The molecule has 0 aliphatic carbocycles. The Bertz CT molecular complexity index is 533. The fraction of sp³-hybridized carbons (Fsp3) is 0.111. The predicted octanol–water partition coefficient (Wildman–Crippen LogP) is 3.81. The molecule has 2 heterocycles. The lowest BCUT2D eigenvalue weighted by atomic mass is 10.4. The number of nitrogens with zero attached hydrogens (tertiary/aromatic N) is 3. The van der Waals surface area contributed by atoms with Crippen LogP contribution in [0.5, 0.6) is 0 Å². The molecule has 0 bridgehead atoms. The molecule has 17 heavy (non-hydrogen) atoms. The van der Waals surface area contributed by atoms with Crippen LogP contribution in [0.25, 0.3) is 5.82 Å². The van der Waals surface area contributed by atoms with Gasteiger partial charge in [0.2, 0.25) is 0 Å². The van der Waals surface area contributed by atoms with Crippen molar-refractivity contribution in [3.63, 3.8) is 0 Å². The molecule has 0 aliphatic heterocycles. The number of rotatable bonds is 1. The highest BCUT2D eigenvalue weighted by molar-refractivity contribution is 9.10. The number of hydrogen-bond acceptors (Lipinski definition) is 2. The molecule has 0 radical (unpaired) electrons. The Kier molecular flexibility index (Phi) is 3.26. The molecule has 3 nitrogen and oxygen atoms in total. The van der Waals surface area contributed by atoms with E-state index in [1.54, 1.807) is 6.07 Å². The quantitative estimate of drug-likeness (QED) is 0.764. The van der Waals surface area contributed by atoms with Gasteiger partial charge in [-0.2, -0.15) is 18.3 Å². The smallest absolute Gasteiger partial charge is 0.236 e. The zero-order valence-corrected chi connectivity index (χ0v) is 11.2. The van der Waals surface area contributed by atoms with Crippen molar-refractivity contribution in [1.82, 2.24) is 14.8 Å². The molecule has 0 aromatic carbocycles. The molecule has 0 spiro atoms. The van der Waals surface area contributed by atoms with Gasteiger partial charge in [0, 0.05) is 10.7 Å². The van der Waals surface area contributed by atoms with E-state index in [9.17, 15) is 13.2 Å². The van der Waals surface area contributed by atoms with Gasteiger partial charge in [0.15, 0.2) is 11.5 Å². The fourth-order valence-electron chi connectivity index (χ4n) is 1.25. The monoisotopic (exact) mass is 369 g/mol. The van der Waals surface area contributed by atoms with Crippen LogP contribution in [0.15, 0.2) is 33.5 Å². The van der Waals surface area contributed by atoms with E-state index in [0.717, 1.165) is 10.9 Å². The molecule has 0 saturated carbocycles. The van der Waals surface area contributed by atoms with E-state index in [-0.39, 0.29) is 10.3 Å². The summed E-state index contributed by atoms with van der Waals surface area (Å²) in [7, 11) is 0. The topological polar surface area (TPSA) is 30.7 Å². The summed E-state index contributed by atoms with van der Waals surface area (Å²) in [5.41, 5.74) is -0.882. The second-order valence-corrected chi connectivity index (χ2v) is 4.86. The molecule has 0 amide bonds. The molecule has 2 aromatic rings. The Morgan fingerprint density at radius 2 is 1.82 bits per heavy atom. The minimum absolute atomic E-state index is 0.103. The van der Waals surface area contributed by atoms with E-state index in [2.05, 4.69) is 41.9 Å². The number of halogens is 5. The third kappa shape index (κ3) is 2.52. The Morgan fingerprint density at radius 3 is 2.35 bits per heavy atom. The first-order chi connectivity index (χ1) is 7.89. The molecule has 0 atom stereocenters. The molecule has 90 valence electrons. The van der Waals surface area contributed by atoms with Gasteiger partial charge in [-0.05, 0) is 44.0 Å². The summed E-state index contributed by atoms with van der Waals surface area (Å²) in [6, 6.07) is 3.04. The fourth-order valence-corrected chi connectivity index (χ4v) is 1.97. The Balaban J connectivity index is 2.57. The highest BCUT2D eigenvalue weighted by Crippen LogP contribution is 2.35. The molecular weight excluding hydrogens is 367 g/mol. The predicted molar refractivity (Wildman–Crippen MR) is 61.8 cm³/mol. The summed E-state index contributed by atoms with van der Waals surface area (Å²) >= 11 is 5.98. The van der Waals surface area contributed by atoms with Crippen LogP contribution in [0.4, 0.5) is 13.2 Å². The highest BCUT2D eigenvalue weighted by atomic mass is 79.9. The molecule has 2 aromatic heterocycles. The van der Waals surface area contributed by atoms with Crippen LogP contribution in [-0.4, -0.2) is 14.8 Å². The van der Waals surface area contributed by atoms with Crippen molar-refractivity contribution in [1.29, 1.82) is 0 Å². The zero-order valence-electron chi connectivity index (χ0n) is 8.04. The van der Waals surface area contributed by atoms with Gasteiger partial charge in [0.05, 0.1) is 10.7 Å². The largest absolute Gasteiger partial charge is 0.434 e. The minimum Gasteiger partial charge on any atom is -0.236 e. The van der Waals surface area contributed by atoms with Crippen molar-refractivity contribution in [3.05, 3.63) is 39.2 Å². The number of alkyl halides is 3. The minimum atomic E-state index is -4.50. The van der Waals surface area contributed by atoms with Crippen LogP contribution in [0.1, 0.15) is 5.69 Å². The molecular formula is C9H4Br2F3N3. The molecule has 0 unspecified atom stereocenters. The van der Waals surface area contributed by atoms with Gasteiger partial charge in [-0.25, -0.2) is 9.67 Å². The second kappa shape index (κ2) is 4.41. The van der Waals surface area contributed by atoms with Crippen molar-refractivity contribution in [3.8, 4) is 5.82 Å². The van der Waals surface area contributed by atoms with Gasteiger partial charge in [-0.15, -0.1) is 0 Å². The van der Waals surface area contributed by atoms with Crippen molar-refractivity contribution in [2.45, 2.75) is 6.18 Å². The average molecular weight is 371 g/mol. The lowest BCUT2D eigenvalue weighted by Crippen LogP contribution is -2.14. The van der Waals surface area contributed by atoms with Gasteiger partial charge in [0.1, 0.15) is 0 Å². The lowest BCUT2D eigenvalue weighted by molar-refractivity contribution is -0.143. The van der Waals surface area contributed by atoms with E-state index >= 15 is 0 Å². The van der Waals surface area contributed by atoms with E-state index < -0.39 is 11.9 Å². The van der Waals surface area contributed by atoms with Gasteiger partial charge < -0.3 is 0 Å². The van der Waals surface area contributed by atoms with Gasteiger partial charge in [-0.1, -0.05) is 0 Å². The standard InChI is InChI=1S/C9H4Br2F3N3/c10-5-1-2-7(15-3-5)17-8(9(12,13)14)6(11)4-16-17/h1-4H. The van der Waals surface area contributed by atoms with Crippen molar-refractivity contribution in [2.75, 3.05) is 0 Å². The van der Waals surface area contributed by atoms with Crippen molar-refractivity contribution < 1.29 is 13.2 Å². The van der Waals surface area contributed by atoms with Crippen LogP contribution in [0.3, 0.4) is 0 Å². The number of pyridine rings is 1. The maximum absolute atomic E-state index is 12.8. The summed E-state index contributed by atoms with van der Waals surface area (Å²) in [6.45, 7) is 0. The number of aromatic nitrogens is 3. The maximum atomic E-state index is 12.8. The third-order valence-electron chi connectivity index (χ3n) is 1.92. The summed E-state index contributed by atoms with van der Waals surface area (Å²) in [4.78, 5) is 3.87. The summed E-state index contributed by atoms with van der Waals surface area (Å²) in [5, 5.41) is 3.65. The van der Waals surface area contributed by atoms with Gasteiger partial charge in [-0.3, -0.25) is 0 Å². The van der Waals surface area contributed by atoms with Gasteiger partial charge in [0.25, 0.3) is 0 Å². The molecule has 2 rings (SSSR count). The third-order valence-corrected chi connectivity index (χ3v) is 2.97. The number of hydrogen-bond donors (Lipinski definition) is 0. The first-order valence-electron chi connectivity index (χ1n) is 4.32. The summed E-state index contributed by atoms with van der Waals surface area (Å²) < 4.78 is 39.7. The molecule has 0 aliphatic rings. The van der Waals surface area contributed by atoms with Crippen LogP contribution >= 0.6 is 31.9 Å². The van der Waals surface area contributed by atoms with Gasteiger partial charge >= 0.3 is 6.18 Å². The molecule has 0 N–H and O–H groups in total. The molecule has 8 heteroatoms. The first kappa shape index (κ1) is 12.6. The summed E-state index contributed by atoms with van der Waals surface area (Å²) in [6.07, 6.45) is -2.00. The SMILES string of the molecule is FC(F)(F)c1c(Br)cnn1-c1ccc(Br)cn1. The average Bonchev–Trinajstić information content (AvgIpc) is 2.61. The molecule has 0 saturated heterocycles. The van der Waals surface area contributed by atoms with Crippen molar-refractivity contribution in [2.24, 2.45) is 0 Å². The Labute approximate surface area is 111 Å². The van der Waals surface area contributed by atoms with E-state index in [0.29, 0.717) is 4.47 Å². The van der Waals surface area contributed by atoms with Crippen molar-refractivity contribution >= 4 is 31.9 Å². The maximum Gasteiger partial charge on any atom is 0.434 e. The Morgan fingerprint density at radius 1 is 1.12 bits per heavy atom. The normalized spacial score (nSPS) is 11.8.